The van der Waals surface area contributed by atoms with Crippen molar-refractivity contribution in [2.24, 2.45) is 17.3 Å². The lowest BCUT2D eigenvalue weighted by Crippen LogP contribution is -2.54. The predicted octanol–water partition coefficient (Wildman–Crippen LogP) is 5.80. The number of nitrogens with one attached hydrogen (secondary N) is 1. The van der Waals surface area contributed by atoms with Gasteiger partial charge < -0.3 is 5.32 Å². The van der Waals surface area contributed by atoms with Gasteiger partial charge in [0, 0.05) is 11.3 Å². The van der Waals surface area contributed by atoms with Crippen LogP contribution in [0.25, 0.3) is 5.57 Å². The Balaban J connectivity index is 1.82. The molecular weight excluding hydrogens is 278 g/mol. The van der Waals surface area contributed by atoms with E-state index in [1.54, 1.807) is 16.7 Å². The van der Waals surface area contributed by atoms with E-state index >= 15 is 0 Å². The maximum absolute atomic E-state index is 4.04. The lowest BCUT2D eigenvalue weighted by molar-refractivity contribution is 0.153. The summed E-state index contributed by atoms with van der Waals surface area (Å²) in [5.74, 6) is 1.56. The molecule has 0 radical (unpaired) electrons. The fourth-order valence-electron chi connectivity index (χ4n) is 6.45. The summed E-state index contributed by atoms with van der Waals surface area (Å²) >= 11 is 0. The first-order valence-corrected chi connectivity index (χ1v) is 9.31. The summed E-state index contributed by atoms with van der Waals surface area (Å²) in [5, 5.41) is 4.04. The third kappa shape index (κ3) is 1.86. The fourth-order valence-corrected chi connectivity index (χ4v) is 6.45. The molecule has 1 heterocycles. The molecule has 120 valence electrons. The molecular formula is C22H27N. The zero-order valence-electron chi connectivity index (χ0n) is 14.6. The minimum absolute atomic E-state index is 0.195. The fraction of sp³-hybridized carbons (Fsp3) is 0.545. The van der Waals surface area contributed by atoms with E-state index in [2.05, 4.69) is 56.4 Å². The van der Waals surface area contributed by atoms with E-state index in [-0.39, 0.29) is 5.54 Å². The van der Waals surface area contributed by atoms with Crippen molar-refractivity contribution in [3.63, 3.8) is 0 Å². The van der Waals surface area contributed by atoms with E-state index in [9.17, 15) is 0 Å². The minimum atomic E-state index is 0.195. The maximum Gasteiger partial charge on any atom is 0.0641 e. The van der Waals surface area contributed by atoms with Gasteiger partial charge in [-0.2, -0.15) is 0 Å². The molecule has 1 nitrogen and oxygen atoms in total. The Kier molecular flexibility index (Phi) is 2.61. The van der Waals surface area contributed by atoms with E-state index < -0.39 is 0 Å². The van der Waals surface area contributed by atoms with Crippen LogP contribution >= 0.6 is 0 Å². The molecule has 5 rings (SSSR count). The molecule has 1 N–H and O–H groups in total. The highest BCUT2D eigenvalue weighted by Crippen LogP contribution is 2.61. The lowest BCUT2D eigenvalue weighted by Gasteiger charge is -2.57. The molecule has 23 heavy (non-hydrogen) atoms. The second-order valence-electron chi connectivity index (χ2n) is 9.13. The number of para-hydroxylation sites is 1. The average molecular weight is 305 g/mol. The Morgan fingerprint density at radius 1 is 1.04 bits per heavy atom. The van der Waals surface area contributed by atoms with Crippen molar-refractivity contribution in [3.8, 4) is 0 Å². The van der Waals surface area contributed by atoms with Crippen LogP contribution < -0.4 is 5.32 Å². The SMILES string of the molecule is C[C@@H]1CC2=C[C@@]3(C)C[C@@H](C)C[C@@]4(C3)Nc3ccccc3C(=C24)C1. The summed E-state index contributed by atoms with van der Waals surface area (Å²) in [6.07, 6.45) is 9.10. The van der Waals surface area contributed by atoms with Crippen LogP contribution in [0, 0.1) is 17.3 Å². The second kappa shape index (κ2) is 4.32. The van der Waals surface area contributed by atoms with Crippen molar-refractivity contribution < 1.29 is 0 Å². The molecule has 1 aliphatic heterocycles. The quantitative estimate of drug-likeness (QED) is 0.638. The van der Waals surface area contributed by atoms with Crippen LogP contribution in [0.1, 0.15) is 58.4 Å². The Hall–Kier alpha value is -1.50. The Bertz CT molecular complexity index is 755. The summed E-state index contributed by atoms with van der Waals surface area (Å²) in [7, 11) is 0. The van der Waals surface area contributed by atoms with E-state index in [0.717, 1.165) is 11.8 Å². The first kappa shape index (κ1) is 13.9. The first-order chi connectivity index (χ1) is 11.0. The molecule has 1 heteroatoms. The van der Waals surface area contributed by atoms with Gasteiger partial charge in [0.2, 0.25) is 0 Å². The molecule has 4 atom stereocenters. The van der Waals surface area contributed by atoms with Gasteiger partial charge in [-0.05, 0) is 72.1 Å². The highest BCUT2D eigenvalue weighted by molar-refractivity contribution is 5.88. The maximum atomic E-state index is 4.04. The van der Waals surface area contributed by atoms with E-state index in [4.69, 9.17) is 0 Å². The molecule has 4 aliphatic rings. The van der Waals surface area contributed by atoms with Gasteiger partial charge in [-0.1, -0.05) is 45.0 Å². The van der Waals surface area contributed by atoms with Crippen molar-refractivity contribution in [1.82, 2.24) is 0 Å². The summed E-state index contributed by atoms with van der Waals surface area (Å²) < 4.78 is 0. The van der Waals surface area contributed by atoms with Crippen molar-refractivity contribution in [1.29, 1.82) is 0 Å². The zero-order valence-corrected chi connectivity index (χ0v) is 14.6. The van der Waals surface area contributed by atoms with Gasteiger partial charge in [0.15, 0.2) is 0 Å². The number of rotatable bonds is 0. The third-order valence-corrected chi connectivity index (χ3v) is 6.59. The summed E-state index contributed by atoms with van der Waals surface area (Å²) in [6, 6.07) is 9.01. The van der Waals surface area contributed by atoms with Crippen molar-refractivity contribution in [2.45, 2.75) is 58.4 Å². The monoisotopic (exact) mass is 305 g/mol. The van der Waals surface area contributed by atoms with Crippen molar-refractivity contribution >= 4 is 11.3 Å². The summed E-state index contributed by atoms with van der Waals surface area (Å²) in [6.45, 7) is 7.37. The Morgan fingerprint density at radius 3 is 2.74 bits per heavy atom. The predicted molar refractivity (Wildman–Crippen MR) is 97.3 cm³/mol. The minimum Gasteiger partial charge on any atom is -0.375 e. The smallest absolute Gasteiger partial charge is 0.0641 e. The molecule has 0 saturated heterocycles. The van der Waals surface area contributed by atoms with Crippen LogP contribution in [0.4, 0.5) is 5.69 Å². The van der Waals surface area contributed by atoms with E-state index in [1.165, 1.54) is 43.4 Å². The normalized spacial score (nSPS) is 40.7. The number of hydrogen-bond acceptors (Lipinski definition) is 1. The van der Waals surface area contributed by atoms with Crippen LogP contribution in [0.2, 0.25) is 0 Å². The lowest BCUT2D eigenvalue weighted by atomic mass is 9.52. The summed E-state index contributed by atoms with van der Waals surface area (Å²) in [5.41, 5.74) is 8.42. The Morgan fingerprint density at radius 2 is 1.87 bits per heavy atom. The number of anilines is 1. The van der Waals surface area contributed by atoms with E-state index in [0.29, 0.717) is 5.41 Å². The molecule has 0 amide bonds. The number of benzene rings is 1. The van der Waals surface area contributed by atoms with E-state index in [1.807, 2.05) is 0 Å². The standard InChI is InChI=1S/C22H27N/c1-14-8-16-12-21(3)10-15(2)11-22(13-21)20(16)18(9-14)17-6-4-5-7-19(17)23-22/h4-7,12,14-15,23H,8-11,13H2,1-3H3/t14-,15-,21-,22+/m1/s1. The van der Waals surface area contributed by atoms with Gasteiger partial charge in [0.05, 0.1) is 5.54 Å². The van der Waals surface area contributed by atoms with Crippen LogP contribution in [0.15, 0.2) is 41.5 Å². The molecule has 1 saturated carbocycles. The number of hydrogen-bond donors (Lipinski definition) is 1. The van der Waals surface area contributed by atoms with Crippen LogP contribution in [-0.4, -0.2) is 5.54 Å². The molecule has 1 aromatic carbocycles. The largest absolute Gasteiger partial charge is 0.375 e. The third-order valence-electron chi connectivity index (χ3n) is 6.59. The molecule has 1 spiro atoms. The molecule has 0 unspecified atom stereocenters. The molecule has 3 aliphatic carbocycles. The molecule has 2 bridgehead atoms. The molecule has 1 fully saturated rings. The van der Waals surface area contributed by atoms with Crippen molar-refractivity contribution in [3.05, 3.63) is 47.1 Å². The first-order valence-electron chi connectivity index (χ1n) is 9.31. The zero-order chi connectivity index (χ0) is 15.8. The number of fused-ring (bicyclic) bond motifs is 3. The summed E-state index contributed by atoms with van der Waals surface area (Å²) in [4.78, 5) is 0. The molecule has 1 aromatic rings. The van der Waals surface area contributed by atoms with Crippen LogP contribution in [-0.2, 0) is 0 Å². The molecule has 0 aromatic heterocycles. The highest BCUT2D eigenvalue weighted by Gasteiger charge is 2.53. The average Bonchev–Trinajstić information content (AvgIpc) is 2.44. The number of allylic oxidation sites excluding steroid dienone is 2. The van der Waals surface area contributed by atoms with Gasteiger partial charge in [0.25, 0.3) is 0 Å². The van der Waals surface area contributed by atoms with Gasteiger partial charge in [-0.3, -0.25) is 0 Å². The Labute approximate surface area is 139 Å². The topological polar surface area (TPSA) is 12.0 Å². The van der Waals surface area contributed by atoms with Gasteiger partial charge >= 0.3 is 0 Å². The van der Waals surface area contributed by atoms with Crippen molar-refractivity contribution in [2.75, 3.05) is 5.32 Å². The second-order valence-corrected chi connectivity index (χ2v) is 9.13. The van der Waals surface area contributed by atoms with Crippen LogP contribution in [0.5, 0.6) is 0 Å². The highest BCUT2D eigenvalue weighted by atomic mass is 15.0. The van der Waals surface area contributed by atoms with Crippen LogP contribution in [0.3, 0.4) is 0 Å². The van der Waals surface area contributed by atoms with Gasteiger partial charge in [-0.15, -0.1) is 0 Å². The van der Waals surface area contributed by atoms with Gasteiger partial charge in [0.1, 0.15) is 0 Å². The van der Waals surface area contributed by atoms with Gasteiger partial charge in [-0.25, -0.2) is 0 Å².